The van der Waals surface area contributed by atoms with Gasteiger partial charge in [0, 0.05) is 36.3 Å². The first kappa shape index (κ1) is 22.6. The molecular formula is C28H30N2O3. The number of carbonyl (C=O) groups is 2. The molecular weight excluding hydrogens is 412 g/mol. The van der Waals surface area contributed by atoms with E-state index in [1.807, 2.05) is 35.2 Å². The van der Waals surface area contributed by atoms with E-state index in [1.54, 1.807) is 36.4 Å². The zero-order valence-corrected chi connectivity index (χ0v) is 19.0. The number of anilines is 1. The summed E-state index contributed by atoms with van der Waals surface area (Å²) >= 11 is 0. The van der Waals surface area contributed by atoms with Crippen LogP contribution in [0.2, 0.25) is 0 Å². The van der Waals surface area contributed by atoms with Crippen LogP contribution in [0.25, 0.3) is 0 Å². The van der Waals surface area contributed by atoms with Gasteiger partial charge < -0.3 is 15.0 Å². The Hall–Kier alpha value is -3.60. The molecule has 1 N–H and O–H groups in total. The number of likely N-dealkylation sites (tertiary alicyclic amines) is 1. The third-order valence-electron chi connectivity index (χ3n) is 6.04. The van der Waals surface area contributed by atoms with Gasteiger partial charge in [0.2, 0.25) is 0 Å². The average molecular weight is 443 g/mol. The summed E-state index contributed by atoms with van der Waals surface area (Å²) in [6, 6.07) is 24.5. The molecule has 1 saturated heterocycles. The van der Waals surface area contributed by atoms with Gasteiger partial charge in [-0.05, 0) is 60.7 Å². The van der Waals surface area contributed by atoms with Crippen LogP contribution in [0.4, 0.5) is 5.69 Å². The molecule has 0 aliphatic carbocycles. The van der Waals surface area contributed by atoms with E-state index in [0.29, 0.717) is 35.1 Å². The number of benzene rings is 3. The molecule has 0 atom stereocenters. The molecule has 1 aliphatic heterocycles. The molecule has 0 radical (unpaired) electrons. The summed E-state index contributed by atoms with van der Waals surface area (Å²) in [6.45, 7) is 4.33. The van der Waals surface area contributed by atoms with E-state index >= 15 is 0 Å². The molecule has 0 saturated carbocycles. The lowest BCUT2D eigenvalue weighted by Gasteiger charge is -2.30. The molecule has 1 aliphatic rings. The molecule has 0 bridgehead atoms. The number of amides is 2. The Morgan fingerprint density at radius 1 is 0.909 bits per heavy atom. The van der Waals surface area contributed by atoms with Crippen LogP contribution in [0.1, 0.15) is 46.0 Å². The Balaban J connectivity index is 1.35. The summed E-state index contributed by atoms with van der Waals surface area (Å²) in [4.78, 5) is 27.6. The largest absolute Gasteiger partial charge is 0.493 e. The molecule has 4 rings (SSSR count). The van der Waals surface area contributed by atoms with Crippen LogP contribution in [0.15, 0.2) is 78.9 Å². The van der Waals surface area contributed by atoms with Crippen molar-refractivity contribution in [2.45, 2.75) is 26.2 Å². The fourth-order valence-corrected chi connectivity index (χ4v) is 3.99. The third-order valence-corrected chi connectivity index (χ3v) is 6.04. The van der Waals surface area contributed by atoms with Gasteiger partial charge in [0.15, 0.2) is 0 Å². The van der Waals surface area contributed by atoms with Crippen molar-refractivity contribution in [3.05, 3.63) is 95.6 Å². The second-order valence-electron chi connectivity index (χ2n) is 8.62. The van der Waals surface area contributed by atoms with Gasteiger partial charge in [0.05, 0.1) is 6.61 Å². The molecule has 3 aromatic carbocycles. The van der Waals surface area contributed by atoms with Crippen LogP contribution in [0.5, 0.6) is 5.75 Å². The number of carbonyl (C=O) groups excluding carboxylic acids is 2. The van der Waals surface area contributed by atoms with Gasteiger partial charge in [-0.15, -0.1) is 0 Å². The summed E-state index contributed by atoms with van der Waals surface area (Å²) in [6.07, 6.45) is 2.87. The van der Waals surface area contributed by atoms with E-state index in [2.05, 4.69) is 24.4 Å². The lowest BCUT2D eigenvalue weighted by Crippen LogP contribution is -2.37. The minimum absolute atomic E-state index is 0.0202. The average Bonchev–Trinajstić information content (AvgIpc) is 2.85. The van der Waals surface area contributed by atoms with Gasteiger partial charge in [-0.25, -0.2) is 0 Å². The summed E-state index contributed by atoms with van der Waals surface area (Å²) in [5, 5.41) is 2.91. The van der Waals surface area contributed by atoms with Crippen LogP contribution in [-0.2, 0) is 6.42 Å². The minimum Gasteiger partial charge on any atom is -0.493 e. The van der Waals surface area contributed by atoms with E-state index < -0.39 is 0 Å². The highest BCUT2D eigenvalue weighted by molar-refractivity contribution is 6.05. The van der Waals surface area contributed by atoms with Crippen LogP contribution < -0.4 is 10.1 Å². The van der Waals surface area contributed by atoms with Gasteiger partial charge in [0.25, 0.3) is 11.8 Å². The Kier molecular flexibility index (Phi) is 7.40. The number of rotatable bonds is 7. The highest BCUT2D eigenvalue weighted by Gasteiger charge is 2.21. The Morgan fingerprint density at radius 2 is 1.64 bits per heavy atom. The standard InChI is InChI=1S/C28H30N2O3/c1-21-13-16-30(17-14-21)28(32)24-10-5-11-25(19-24)29-27(31)23-9-6-12-26(20-23)33-18-15-22-7-3-2-4-8-22/h2-12,19-21H,13-18H2,1H3,(H,29,31). The van der Waals surface area contributed by atoms with Crippen molar-refractivity contribution in [3.8, 4) is 5.75 Å². The molecule has 3 aromatic rings. The lowest BCUT2D eigenvalue weighted by molar-refractivity contribution is 0.0697. The van der Waals surface area contributed by atoms with Crippen molar-refractivity contribution in [2.24, 2.45) is 5.92 Å². The minimum atomic E-state index is -0.236. The molecule has 170 valence electrons. The predicted molar refractivity (Wildman–Crippen MR) is 131 cm³/mol. The van der Waals surface area contributed by atoms with Crippen molar-refractivity contribution in [1.82, 2.24) is 4.90 Å². The second kappa shape index (κ2) is 10.8. The SMILES string of the molecule is CC1CCN(C(=O)c2cccc(NC(=O)c3cccc(OCCc4ccccc4)c3)c2)CC1. The molecule has 5 nitrogen and oxygen atoms in total. The second-order valence-corrected chi connectivity index (χ2v) is 8.62. The van der Waals surface area contributed by atoms with E-state index in [-0.39, 0.29) is 11.8 Å². The topological polar surface area (TPSA) is 58.6 Å². The zero-order valence-electron chi connectivity index (χ0n) is 19.0. The fourth-order valence-electron chi connectivity index (χ4n) is 3.99. The van der Waals surface area contributed by atoms with Crippen LogP contribution >= 0.6 is 0 Å². The maximum absolute atomic E-state index is 12.9. The Bertz CT molecular complexity index is 1090. The summed E-state index contributed by atoms with van der Waals surface area (Å²) < 4.78 is 5.85. The van der Waals surface area contributed by atoms with Crippen molar-refractivity contribution < 1.29 is 14.3 Å². The van der Waals surface area contributed by atoms with Gasteiger partial charge in [-0.1, -0.05) is 49.4 Å². The van der Waals surface area contributed by atoms with Crippen molar-refractivity contribution in [3.63, 3.8) is 0 Å². The summed E-state index contributed by atoms with van der Waals surface area (Å²) in [7, 11) is 0. The molecule has 1 fully saturated rings. The number of nitrogens with one attached hydrogen (secondary N) is 1. The van der Waals surface area contributed by atoms with Gasteiger partial charge in [-0.3, -0.25) is 9.59 Å². The molecule has 2 amide bonds. The van der Waals surface area contributed by atoms with Crippen LogP contribution in [0, 0.1) is 5.92 Å². The van der Waals surface area contributed by atoms with E-state index in [4.69, 9.17) is 4.74 Å². The maximum atomic E-state index is 12.9. The molecule has 33 heavy (non-hydrogen) atoms. The summed E-state index contributed by atoms with van der Waals surface area (Å²) in [5.74, 6) is 1.10. The number of nitrogens with zero attached hydrogens (tertiary/aromatic N) is 1. The number of piperidine rings is 1. The van der Waals surface area contributed by atoms with Gasteiger partial charge in [0.1, 0.15) is 5.75 Å². The summed E-state index contributed by atoms with van der Waals surface area (Å²) in [5.41, 5.74) is 2.92. The zero-order chi connectivity index (χ0) is 23.0. The van der Waals surface area contributed by atoms with E-state index in [9.17, 15) is 9.59 Å². The van der Waals surface area contributed by atoms with Gasteiger partial charge >= 0.3 is 0 Å². The first-order chi connectivity index (χ1) is 16.1. The number of hydrogen-bond acceptors (Lipinski definition) is 3. The third kappa shape index (κ3) is 6.22. The number of ether oxygens (including phenoxy) is 1. The van der Waals surface area contributed by atoms with Crippen molar-refractivity contribution >= 4 is 17.5 Å². The van der Waals surface area contributed by atoms with Crippen LogP contribution in [-0.4, -0.2) is 36.4 Å². The Labute approximate surface area is 195 Å². The normalized spacial score (nSPS) is 14.0. The first-order valence-corrected chi connectivity index (χ1v) is 11.6. The highest BCUT2D eigenvalue weighted by Crippen LogP contribution is 2.21. The number of hydrogen-bond donors (Lipinski definition) is 1. The smallest absolute Gasteiger partial charge is 0.255 e. The van der Waals surface area contributed by atoms with Crippen molar-refractivity contribution in [2.75, 3.05) is 25.0 Å². The van der Waals surface area contributed by atoms with Crippen molar-refractivity contribution in [1.29, 1.82) is 0 Å². The maximum Gasteiger partial charge on any atom is 0.255 e. The monoisotopic (exact) mass is 442 g/mol. The highest BCUT2D eigenvalue weighted by atomic mass is 16.5. The van der Waals surface area contributed by atoms with Crippen LogP contribution in [0.3, 0.4) is 0 Å². The van der Waals surface area contributed by atoms with Gasteiger partial charge in [-0.2, -0.15) is 0 Å². The molecule has 0 aromatic heterocycles. The Morgan fingerprint density at radius 3 is 2.42 bits per heavy atom. The molecule has 0 spiro atoms. The lowest BCUT2D eigenvalue weighted by atomic mass is 9.98. The predicted octanol–water partition coefficient (Wildman–Crippen LogP) is 5.43. The molecule has 5 heteroatoms. The fraction of sp³-hybridized carbons (Fsp3) is 0.286. The van der Waals surface area contributed by atoms with E-state index in [0.717, 1.165) is 32.4 Å². The van der Waals surface area contributed by atoms with E-state index in [1.165, 1.54) is 5.56 Å². The molecule has 1 heterocycles. The molecule has 0 unspecified atom stereocenters. The first-order valence-electron chi connectivity index (χ1n) is 11.6. The quantitative estimate of drug-likeness (QED) is 0.531.